The first kappa shape index (κ1) is 31.7. The average Bonchev–Trinajstić information content (AvgIpc) is 3.40. The highest BCUT2D eigenvalue weighted by atomic mass is 35.5. The fourth-order valence-electron chi connectivity index (χ4n) is 4.37. The van der Waals surface area contributed by atoms with Crippen LogP contribution >= 0.6 is 11.6 Å². The van der Waals surface area contributed by atoms with E-state index in [2.05, 4.69) is 37.6 Å². The minimum absolute atomic E-state index is 0.106. The minimum Gasteiger partial charge on any atom is -0.475 e. The fraction of sp³-hybridized carbons (Fsp3) is 0.310. The largest absolute Gasteiger partial charge is 0.490 e. The number of pyridine rings is 1. The zero-order chi connectivity index (χ0) is 31.1. The predicted molar refractivity (Wildman–Crippen MR) is 158 cm³/mol. The number of benzene rings is 2. The summed E-state index contributed by atoms with van der Waals surface area (Å²) in [5.74, 6) is -2.27. The number of hydrogen-bond donors (Lipinski definition) is 3. The molecule has 0 saturated carbocycles. The van der Waals surface area contributed by atoms with Crippen molar-refractivity contribution in [2.24, 2.45) is 0 Å². The highest BCUT2D eigenvalue weighted by Crippen LogP contribution is 2.30. The Kier molecular flexibility index (Phi) is 10.2. The Labute approximate surface area is 251 Å². The van der Waals surface area contributed by atoms with Gasteiger partial charge in [-0.1, -0.05) is 23.7 Å². The summed E-state index contributed by atoms with van der Waals surface area (Å²) < 4.78 is 33.5. The Bertz CT molecular complexity index is 1590. The zero-order valence-corrected chi connectivity index (χ0v) is 24.3. The molecule has 1 saturated heterocycles. The van der Waals surface area contributed by atoms with Gasteiger partial charge >= 0.3 is 12.1 Å². The first-order valence-corrected chi connectivity index (χ1v) is 13.8. The Balaban J connectivity index is 0.000000541. The summed E-state index contributed by atoms with van der Waals surface area (Å²) >= 11 is 6.44. The molecule has 2 aromatic carbocycles. The van der Waals surface area contributed by atoms with E-state index in [0.717, 1.165) is 60.6 Å². The molecule has 3 N–H and O–H groups in total. The van der Waals surface area contributed by atoms with Crippen molar-refractivity contribution < 1.29 is 27.9 Å². The number of nitrogens with zero attached hydrogens (tertiary/aromatic N) is 5. The maximum Gasteiger partial charge on any atom is 0.490 e. The van der Waals surface area contributed by atoms with Gasteiger partial charge in [0, 0.05) is 62.1 Å². The number of rotatable bonds is 7. The number of carboxylic acids is 1. The van der Waals surface area contributed by atoms with Gasteiger partial charge < -0.3 is 20.6 Å². The van der Waals surface area contributed by atoms with E-state index in [4.69, 9.17) is 21.5 Å². The molecule has 0 bridgehead atoms. The lowest BCUT2D eigenvalue weighted by atomic mass is 10.2. The number of aryl methyl sites for hydroxylation is 1. The highest BCUT2D eigenvalue weighted by molar-refractivity contribution is 6.34. The van der Waals surface area contributed by atoms with Crippen molar-refractivity contribution in [3.05, 3.63) is 77.1 Å². The van der Waals surface area contributed by atoms with Crippen molar-refractivity contribution in [1.29, 1.82) is 0 Å². The van der Waals surface area contributed by atoms with E-state index >= 15 is 0 Å². The van der Waals surface area contributed by atoms with Crippen LogP contribution in [0.2, 0.25) is 5.02 Å². The van der Waals surface area contributed by atoms with Crippen LogP contribution in [-0.4, -0.2) is 94.0 Å². The van der Waals surface area contributed by atoms with Crippen LogP contribution in [0, 0.1) is 6.92 Å². The lowest BCUT2D eigenvalue weighted by Gasteiger charge is -2.32. The van der Waals surface area contributed by atoms with Crippen LogP contribution in [0.3, 0.4) is 0 Å². The third-order valence-corrected chi connectivity index (χ3v) is 7.32. The molecular formula is C29H31ClF3N7O3. The van der Waals surface area contributed by atoms with Crippen LogP contribution in [-0.2, 0) is 4.79 Å². The summed E-state index contributed by atoms with van der Waals surface area (Å²) in [4.78, 5) is 30.8. The van der Waals surface area contributed by atoms with Crippen LogP contribution < -0.4 is 10.6 Å². The van der Waals surface area contributed by atoms with Gasteiger partial charge in [-0.15, -0.1) is 0 Å². The number of carbonyl (C=O) groups is 2. The van der Waals surface area contributed by atoms with Crippen molar-refractivity contribution in [3.8, 4) is 5.82 Å². The summed E-state index contributed by atoms with van der Waals surface area (Å²) in [5, 5.41) is 19.7. The maximum absolute atomic E-state index is 12.8. The lowest BCUT2D eigenvalue weighted by molar-refractivity contribution is -0.192. The third kappa shape index (κ3) is 8.43. The number of carbonyl (C=O) groups excluding carboxylic acids is 1. The van der Waals surface area contributed by atoms with Crippen molar-refractivity contribution in [2.75, 3.05) is 51.6 Å². The topological polar surface area (TPSA) is 116 Å². The molecule has 14 heteroatoms. The van der Waals surface area contributed by atoms with E-state index in [-0.39, 0.29) is 5.91 Å². The van der Waals surface area contributed by atoms with E-state index in [1.165, 1.54) is 0 Å². The molecule has 3 heterocycles. The van der Waals surface area contributed by atoms with Crippen LogP contribution in [0.1, 0.15) is 15.9 Å². The van der Waals surface area contributed by atoms with Gasteiger partial charge in [0.2, 0.25) is 0 Å². The Morgan fingerprint density at radius 3 is 2.49 bits per heavy atom. The van der Waals surface area contributed by atoms with Crippen LogP contribution in [0.5, 0.6) is 0 Å². The Morgan fingerprint density at radius 2 is 1.79 bits per heavy atom. The van der Waals surface area contributed by atoms with Gasteiger partial charge in [0.15, 0.2) is 5.82 Å². The predicted octanol–water partition coefficient (Wildman–Crippen LogP) is 4.74. The number of nitrogens with one attached hydrogen (secondary N) is 2. The summed E-state index contributed by atoms with van der Waals surface area (Å²) in [7, 11) is 2.14. The zero-order valence-electron chi connectivity index (χ0n) is 23.5. The van der Waals surface area contributed by atoms with Gasteiger partial charge in [-0.3, -0.25) is 9.69 Å². The molecule has 4 aromatic rings. The fourth-order valence-corrected chi connectivity index (χ4v) is 4.54. The van der Waals surface area contributed by atoms with Crippen LogP contribution in [0.25, 0.3) is 16.7 Å². The van der Waals surface area contributed by atoms with Gasteiger partial charge in [0.05, 0.1) is 22.4 Å². The van der Waals surface area contributed by atoms with Crippen LogP contribution in [0.15, 0.2) is 60.9 Å². The van der Waals surface area contributed by atoms with Crippen molar-refractivity contribution in [2.45, 2.75) is 13.1 Å². The molecule has 43 heavy (non-hydrogen) atoms. The quantitative estimate of drug-likeness (QED) is 0.273. The van der Waals surface area contributed by atoms with Gasteiger partial charge in [0.25, 0.3) is 5.91 Å². The number of amides is 1. The summed E-state index contributed by atoms with van der Waals surface area (Å²) in [6, 6.07) is 15.4. The molecule has 228 valence electrons. The molecule has 10 nitrogen and oxygen atoms in total. The normalized spacial score (nSPS) is 14.2. The van der Waals surface area contributed by atoms with E-state index in [1.54, 1.807) is 29.2 Å². The number of likely N-dealkylation sites (N-methyl/N-ethyl adjacent to an activating group) is 1. The average molecular weight is 618 g/mol. The van der Waals surface area contributed by atoms with Crippen LogP contribution in [0.4, 0.5) is 24.5 Å². The SMILES string of the molecule is Cc1cccc(Nc2ccc3c(cnn3-c3cc(C(=O)NCCN4CCN(C)CC4)ccn3)c2)c1Cl.O=C(O)C(F)(F)F. The molecule has 0 aliphatic carbocycles. The molecule has 0 unspecified atom stereocenters. The van der Waals surface area contributed by atoms with Gasteiger partial charge in [-0.2, -0.15) is 18.3 Å². The van der Waals surface area contributed by atoms with Gasteiger partial charge in [0.1, 0.15) is 0 Å². The standard InChI is InChI=1S/C27H30ClN7O.C2HF3O2/c1-19-4-3-5-23(26(19)28)32-22-6-7-24-21(16-22)18-31-35(24)25-17-20(8-9-29-25)27(36)30-10-11-34-14-12-33(2)13-15-34;3-2(4,5)1(6)7/h3-9,16-18,32H,10-15H2,1-2H3,(H,30,36);(H,6,7). The Hall–Kier alpha value is -4.20. The summed E-state index contributed by atoms with van der Waals surface area (Å²) in [5.41, 5.74) is 4.25. The van der Waals surface area contributed by atoms with Crippen molar-refractivity contribution >= 4 is 45.8 Å². The van der Waals surface area contributed by atoms with Crippen molar-refractivity contribution in [1.82, 2.24) is 29.9 Å². The van der Waals surface area contributed by atoms with E-state index in [9.17, 15) is 18.0 Å². The molecule has 1 aliphatic rings. The summed E-state index contributed by atoms with van der Waals surface area (Å²) in [6.07, 6.45) is -1.64. The second-order valence-electron chi connectivity index (χ2n) is 10.00. The molecule has 5 rings (SSSR count). The number of fused-ring (bicyclic) bond motifs is 1. The first-order valence-electron chi connectivity index (χ1n) is 13.4. The monoisotopic (exact) mass is 617 g/mol. The summed E-state index contributed by atoms with van der Waals surface area (Å²) in [6.45, 7) is 7.65. The lowest BCUT2D eigenvalue weighted by Crippen LogP contribution is -2.46. The number of piperazine rings is 1. The maximum atomic E-state index is 12.8. The number of anilines is 2. The van der Waals surface area contributed by atoms with E-state index in [1.807, 2.05) is 43.3 Å². The van der Waals surface area contributed by atoms with Gasteiger partial charge in [-0.05, 0) is 55.9 Å². The molecule has 2 aromatic heterocycles. The molecule has 1 amide bonds. The number of alkyl halides is 3. The Morgan fingerprint density at radius 1 is 1.07 bits per heavy atom. The first-order chi connectivity index (χ1) is 20.4. The van der Waals surface area contributed by atoms with E-state index in [0.29, 0.717) is 22.9 Å². The highest BCUT2D eigenvalue weighted by Gasteiger charge is 2.38. The molecule has 1 fully saturated rings. The molecule has 0 spiro atoms. The number of carboxylic acid groups (broad SMARTS) is 1. The second kappa shape index (κ2) is 13.8. The number of aromatic nitrogens is 3. The number of aliphatic carboxylic acids is 1. The van der Waals surface area contributed by atoms with Gasteiger partial charge in [-0.25, -0.2) is 14.5 Å². The second-order valence-corrected chi connectivity index (χ2v) is 10.4. The number of halogens is 4. The molecular weight excluding hydrogens is 587 g/mol. The van der Waals surface area contributed by atoms with Crippen molar-refractivity contribution in [3.63, 3.8) is 0 Å². The molecule has 0 atom stereocenters. The minimum atomic E-state index is -5.08. The third-order valence-electron chi connectivity index (χ3n) is 6.82. The molecule has 1 aliphatic heterocycles. The van der Waals surface area contributed by atoms with E-state index < -0.39 is 12.1 Å². The molecule has 0 radical (unpaired) electrons. The smallest absolute Gasteiger partial charge is 0.475 e. The number of hydrogen-bond acceptors (Lipinski definition) is 7.